The van der Waals surface area contributed by atoms with Crippen LogP contribution in [0.25, 0.3) is 0 Å². The highest BCUT2D eigenvalue weighted by Crippen LogP contribution is 2.42. The summed E-state index contributed by atoms with van der Waals surface area (Å²) >= 11 is 6.55. The third kappa shape index (κ3) is 5.63. The van der Waals surface area contributed by atoms with Crippen LogP contribution in [0.5, 0.6) is 0 Å². The molecule has 1 aliphatic heterocycles. The van der Waals surface area contributed by atoms with Gasteiger partial charge in [-0.25, -0.2) is 0 Å². The van der Waals surface area contributed by atoms with E-state index in [2.05, 4.69) is 36.3 Å². The Morgan fingerprint density at radius 1 is 1.07 bits per heavy atom. The van der Waals surface area contributed by atoms with E-state index >= 15 is 0 Å². The van der Waals surface area contributed by atoms with E-state index in [9.17, 15) is 0 Å². The van der Waals surface area contributed by atoms with Gasteiger partial charge in [-0.3, -0.25) is 0 Å². The van der Waals surface area contributed by atoms with Gasteiger partial charge in [0.15, 0.2) is 0 Å². The van der Waals surface area contributed by atoms with Gasteiger partial charge in [0.2, 0.25) is 0 Å². The molecule has 2 saturated carbocycles. The molecule has 0 aromatic rings. The van der Waals surface area contributed by atoms with Gasteiger partial charge in [0.25, 0.3) is 0 Å². The van der Waals surface area contributed by atoms with Crippen LogP contribution in [0.3, 0.4) is 0 Å². The first-order chi connectivity index (χ1) is 13.5. The standard InChI is InChI=1S/C23H44ClN3O/c1-5-27(6-2)13-7-8-16(3)25-23-19-11-9-17(24)14-22(19)26-21-12-10-18(28-4)15-20(21)23/h16-23,25-26H,5-15H2,1-4H3/t16-,17?,18?,19?,20?,21?,22?,23?/m0/s1. The molecule has 2 N–H and O–H groups in total. The Labute approximate surface area is 178 Å². The van der Waals surface area contributed by atoms with Gasteiger partial charge in [-0.15, -0.1) is 11.6 Å². The zero-order valence-electron chi connectivity index (χ0n) is 18.6. The second-order valence-electron chi connectivity index (χ2n) is 9.55. The molecule has 0 aromatic heterocycles. The molecule has 0 spiro atoms. The summed E-state index contributed by atoms with van der Waals surface area (Å²) < 4.78 is 5.78. The average Bonchev–Trinajstić information content (AvgIpc) is 2.70. The van der Waals surface area contributed by atoms with Crippen molar-refractivity contribution in [3.8, 4) is 0 Å². The van der Waals surface area contributed by atoms with Crippen LogP contribution in [-0.4, -0.2) is 67.3 Å². The Hall–Kier alpha value is 0.130. The summed E-state index contributed by atoms with van der Waals surface area (Å²) in [5, 5.41) is 8.51. The first kappa shape index (κ1) is 22.8. The van der Waals surface area contributed by atoms with Gasteiger partial charge in [0.1, 0.15) is 0 Å². The SMILES string of the molecule is CCN(CC)CCC[C@H](C)NC1C2CCC(Cl)CC2NC2CCC(OC)CC21. The maximum atomic E-state index is 6.55. The first-order valence-electron chi connectivity index (χ1n) is 12.0. The van der Waals surface area contributed by atoms with E-state index in [1.54, 1.807) is 0 Å². The lowest BCUT2D eigenvalue weighted by atomic mass is 9.65. The molecule has 164 valence electrons. The summed E-state index contributed by atoms with van der Waals surface area (Å²) in [7, 11) is 1.89. The summed E-state index contributed by atoms with van der Waals surface area (Å²) in [6.07, 6.45) is 10.2. The van der Waals surface area contributed by atoms with E-state index in [0.29, 0.717) is 41.6 Å². The van der Waals surface area contributed by atoms with Crippen LogP contribution in [0.4, 0.5) is 0 Å². The molecule has 4 nitrogen and oxygen atoms in total. The molecule has 0 aromatic carbocycles. The molecule has 8 atom stereocenters. The molecule has 3 rings (SSSR count). The Morgan fingerprint density at radius 2 is 1.86 bits per heavy atom. The normalized spacial score (nSPS) is 39.4. The van der Waals surface area contributed by atoms with Crippen molar-refractivity contribution in [2.45, 2.75) is 108 Å². The first-order valence-corrected chi connectivity index (χ1v) is 12.4. The summed E-state index contributed by atoms with van der Waals surface area (Å²) in [4.78, 5) is 2.54. The average molecular weight is 414 g/mol. The van der Waals surface area contributed by atoms with E-state index < -0.39 is 0 Å². The van der Waals surface area contributed by atoms with Crippen LogP contribution in [0.2, 0.25) is 0 Å². The topological polar surface area (TPSA) is 36.5 Å². The zero-order valence-corrected chi connectivity index (χ0v) is 19.4. The predicted molar refractivity (Wildman–Crippen MR) is 119 cm³/mol. The number of nitrogens with one attached hydrogen (secondary N) is 2. The van der Waals surface area contributed by atoms with Gasteiger partial charge in [-0.05, 0) is 89.8 Å². The molecule has 1 heterocycles. The van der Waals surface area contributed by atoms with E-state index in [0.717, 1.165) is 25.4 Å². The van der Waals surface area contributed by atoms with E-state index in [1.165, 1.54) is 51.5 Å². The maximum absolute atomic E-state index is 6.55. The molecule has 0 radical (unpaired) electrons. The van der Waals surface area contributed by atoms with Crippen molar-refractivity contribution >= 4 is 11.6 Å². The Morgan fingerprint density at radius 3 is 2.57 bits per heavy atom. The van der Waals surface area contributed by atoms with Gasteiger partial charge in [0.05, 0.1) is 6.10 Å². The van der Waals surface area contributed by atoms with Gasteiger partial charge in [0, 0.05) is 36.7 Å². The van der Waals surface area contributed by atoms with Crippen LogP contribution < -0.4 is 10.6 Å². The molecule has 5 heteroatoms. The quantitative estimate of drug-likeness (QED) is 0.560. The van der Waals surface area contributed by atoms with Gasteiger partial charge in [-0.2, -0.15) is 0 Å². The van der Waals surface area contributed by atoms with E-state index in [1.807, 2.05) is 7.11 Å². The van der Waals surface area contributed by atoms with Crippen LogP contribution in [0.15, 0.2) is 0 Å². The largest absolute Gasteiger partial charge is 0.381 e. The Kier molecular flexibility index (Phi) is 8.92. The van der Waals surface area contributed by atoms with Crippen molar-refractivity contribution in [2.24, 2.45) is 11.8 Å². The number of nitrogens with zero attached hydrogens (tertiary/aromatic N) is 1. The fourth-order valence-corrected chi connectivity index (χ4v) is 6.48. The summed E-state index contributed by atoms with van der Waals surface area (Å²) in [6, 6.07) is 2.42. The molecule has 3 aliphatic rings. The highest BCUT2D eigenvalue weighted by atomic mass is 35.5. The molecule has 0 bridgehead atoms. The number of ether oxygens (including phenoxy) is 1. The molecular formula is C23H44ClN3O. The lowest BCUT2D eigenvalue weighted by molar-refractivity contribution is -0.0162. The predicted octanol–water partition coefficient (Wildman–Crippen LogP) is 4.02. The molecular weight excluding hydrogens is 370 g/mol. The van der Waals surface area contributed by atoms with Crippen molar-refractivity contribution in [2.75, 3.05) is 26.7 Å². The van der Waals surface area contributed by atoms with Crippen molar-refractivity contribution in [1.82, 2.24) is 15.5 Å². The second kappa shape index (κ2) is 10.9. The Balaban J connectivity index is 1.62. The van der Waals surface area contributed by atoms with Crippen LogP contribution in [-0.2, 0) is 4.74 Å². The third-order valence-electron chi connectivity index (χ3n) is 7.86. The molecule has 0 amide bonds. The molecule has 1 saturated heterocycles. The second-order valence-corrected chi connectivity index (χ2v) is 10.2. The third-order valence-corrected chi connectivity index (χ3v) is 8.25. The lowest BCUT2D eigenvalue weighted by Gasteiger charge is -2.54. The monoisotopic (exact) mass is 413 g/mol. The highest BCUT2D eigenvalue weighted by Gasteiger charge is 2.48. The molecule has 28 heavy (non-hydrogen) atoms. The number of fused-ring (bicyclic) bond motifs is 2. The summed E-state index contributed by atoms with van der Waals surface area (Å²) in [6.45, 7) is 10.5. The van der Waals surface area contributed by atoms with Crippen LogP contribution in [0, 0.1) is 11.8 Å². The van der Waals surface area contributed by atoms with Gasteiger partial charge in [-0.1, -0.05) is 13.8 Å². The van der Waals surface area contributed by atoms with Crippen molar-refractivity contribution < 1.29 is 4.74 Å². The van der Waals surface area contributed by atoms with Gasteiger partial charge < -0.3 is 20.3 Å². The number of alkyl halides is 1. The van der Waals surface area contributed by atoms with Crippen LogP contribution in [0.1, 0.15) is 72.1 Å². The number of hydrogen-bond donors (Lipinski definition) is 2. The minimum atomic E-state index is 0.354. The summed E-state index contributed by atoms with van der Waals surface area (Å²) in [5.74, 6) is 1.41. The zero-order chi connectivity index (χ0) is 20.1. The molecule has 3 fully saturated rings. The minimum absolute atomic E-state index is 0.354. The number of piperidine rings is 1. The van der Waals surface area contributed by atoms with Gasteiger partial charge >= 0.3 is 0 Å². The number of hydrogen-bond acceptors (Lipinski definition) is 4. The summed E-state index contributed by atoms with van der Waals surface area (Å²) in [5.41, 5.74) is 0. The number of methoxy groups -OCH3 is 1. The Bertz CT molecular complexity index is 461. The lowest BCUT2D eigenvalue weighted by Crippen LogP contribution is -2.67. The number of halogens is 1. The maximum Gasteiger partial charge on any atom is 0.0575 e. The fourth-order valence-electron chi connectivity index (χ4n) is 6.16. The van der Waals surface area contributed by atoms with E-state index in [4.69, 9.17) is 16.3 Å². The smallest absolute Gasteiger partial charge is 0.0575 e. The van der Waals surface area contributed by atoms with Crippen molar-refractivity contribution in [3.63, 3.8) is 0 Å². The fraction of sp³-hybridized carbons (Fsp3) is 1.00. The van der Waals surface area contributed by atoms with Crippen LogP contribution >= 0.6 is 11.6 Å². The number of rotatable bonds is 9. The minimum Gasteiger partial charge on any atom is -0.381 e. The molecule has 2 aliphatic carbocycles. The molecule has 7 unspecified atom stereocenters. The van der Waals surface area contributed by atoms with Crippen molar-refractivity contribution in [3.05, 3.63) is 0 Å². The highest BCUT2D eigenvalue weighted by molar-refractivity contribution is 6.20. The van der Waals surface area contributed by atoms with Crippen molar-refractivity contribution in [1.29, 1.82) is 0 Å². The van der Waals surface area contributed by atoms with E-state index in [-0.39, 0.29) is 0 Å².